The minimum atomic E-state index is 0.166. The van der Waals surface area contributed by atoms with E-state index in [1.807, 2.05) is 11.8 Å². The van der Waals surface area contributed by atoms with Crippen molar-refractivity contribution in [1.82, 2.24) is 0 Å². The van der Waals surface area contributed by atoms with E-state index in [1.165, 1.54) is 28.0 Å². The first-order valence-electron chi connectivity index (χ1n) is 6.33. The highest BCUT2D eigenvalue weighted by molar-refractivity contribution is 7.99. The molecule has 96 valence electrons. The lowest BCUT2D eigenvalue weighted by atomic mass is 9.95. The molecule has 0 fully saturated rings. The summed E-state index contributed by atoms with van der Waals surface area (Å²) in [5.74, 6) is 2.95. The van der Waals surface area contributed by atoms with E-state index >= 15 is 0 Å². The number of aryl methyl sites for hydroxylation is 3. The zero-order chi connectivity index (χ0) is 13.0. The van der Waals surface area contributed by atoms with Crippen LogP contribution in [0.2, 0.25) is 0 Å². The molecular formula is C15H25NS. The Bertz CT molecular complexity index is 348. The molecule has 0 spiro atoms. The maximum absolute atomic E-state index is 6.31. The van der Waals surface area contributed by atoms with Crippen LogP contribution in [0.3, 0.4) is 0 Å². The molecule has 2 heteroatoms. The van der Waals surface area contributed by atoms with Crippen molar-refractivity contribution in [3.63, 3.8) is 0 Å². The van der Waals surface area contributed by atoms with E-state index in [0.29, 0.717) is 0 Å². The van der Waals surface area contributed by atoms with Gasteiger partial charge in [-0.25, -0.2) is 0 Å². The molecule has 0 saturated carbocycles. The van der Waals surface area contributed by atoms with Crippen LogP contribution in [0.4, 0.5) is 0 Å². The van der Waals surface area contributed by atoms with Crippen LogP contribution < -0.4 is 5.73 Å². The molecule has 0 heterocycles. The maximum Gasteiger partial charge on any atom is 0.0392 e. The van der Waals surface area contributed by atoms with Crippen LogP contribution in [0.25, 0.3) is 0 Å². The molecule has 1 unspecified atom stereocenters. The molecule has 1 aromatic carbocycles. The fourth-order valence-electron chi connectivity index (χ4n) is 2.29. The summed E-state index contributed by atoms with van der Waals surface area (Å²) >= 11 is 1.96. The third-order valence-electron chi connectivity index (χ3n) is 2.86. The van der Waals surface area contributed by atoms with Crippen molar-refractivity contribution >= 4 is 11.8 Å². The normalized spacial score (nSPS) is 13.1. The van der Waals surface area contributed by atoms with Crippen LogP contribution in [0, 0.1) is 26.7 Å². The molecule has 0 aromatic heterocycles. The predicted octanol–water partition coefficient (Wildman–Crippen LogP) is 4.00. The summed E-state index contributed by atoms with van der Waals surface area (Å²) < 4.78 is 0. The Balaban J connectivity index is 2.72. The monoisotopic (exact) mass is 251 g/mol. The lowest BCUT2D eigenvalue weighted by molar-refractivity contribution is 0.745. The fourth-order valence-corrected chi connectivity index (χ4v) is 3.32. The first-order chi connectivity index (χ1) is 7.91. The van der Waals surface area contributed by atoms with Crippen LogP contribution >= 0.6 is 11.8 Å². The number of hydrogen-bond acceptors (Lipinski definition) is 2. The molecule has 0 aliphatic carbocycles. The minimum Gasteiger partial charge on any atom is -0.323 e. The topological polar surface area (TPSA) is 26.0 Å². The van der Waals surface area contributed by atoms with Gasteiger partial charge in [0.1, 0.15) is 0 Å². The lowest BCUT2D eigenvalue weighted by Crippen LogP contribution is -2.16. The predicted molar refractivity (Wildman–Crippen MR) is 79.7 cm³/mol. The highest BCUT2D eigenvalue weighted by Gasteiger charge is 2.12. The average molecular weight is 251 g/mol. The van der Waals surface area contributed by atoms with Gasteiger partial charge >= 0.3 is 0 Å². The molecule has 2 N–H and O–H groups in total. The van der Waals surface area contributed by atoms with Crippen molar-refractivity contribution in [3.05, 3.63) is 34.4 Å². The van der Waals surface area contributed by atoms with E-state index in [4.69, 9.17) is 5.73 Å². The van der Waals surface area contributed by atoms with Gasteiger partial charge in [0, 0.05) is 11.8 Å². The van der Waals surface area contributed by atoms with Crippen LogP contribution in [0.5, 0.6) is 0 Å². The van der Waals surface area contributed by atoms with Gasteiger partial charge in [-0.1, -0.05) is 31.5 Å². The molecule has 0 amide bonds. The van der Waals surface area contributed by atoms with Crippen LogP contribution in [-0.4, -0.2) is 11.5 Å². The Morgan fingerprint density at radius 3 is 2.06 bits per heavy atom. The average Bonchev–Trinajstić information content (AvgIpc) is 2.14. The molecule has 1 atom stereocenters. The molecule has 17 heavy (non-hydrogen) atoms. The summed E-state index contributed by atoms with van der Waals surface area (Å²) in [5.41, 5.74) is 11.6. The molecule has 1 rings (SSSR count). The Morgan fingerprint density at radius 1 is 1.06 bits per heavy atom. The van der Waals surface area contributed by atoms with Crippen molar-refractivity contribution in [3.8, 4) is 0 Å². The summed E-state index contributed by atoms with van der Waals surface area (Å²) in [5, 5.41) is 0. The largest absolute Gasteiger partial charge is 0.323 e. The first-order valence-corrected chi connectivity index (χ1v) is 7.48. The van der Waals surface area contributed by atoms with Crippen molar-refractivity contribution in [2.24, 2.45) is 11.7 Å². The SMILES string of the molecule is Cc1cc(C)c(C(N)CSCC(C)C)c(C)c1. The van der Waals surface area contributed by atoms with Gasteiger partial charge in [0.25, 0.3) is 0 Å². The van der Waals surface area contributed by atoms with Crippen molar-refractivity contribution < 1.29 is 0 Å². The van der Waals surface area contributed by atoms with Gasteiger partial charge in [-0.05, 0) is 49.1 Å². The number of hydrogen-bond donors (Lipinski definition) is 1. The molecule has 0 aliphatic rings. The first kappa shape index (κ1) is 14.6. The number of rotatable bonds is 5. The maximum atomic E-state index is 6.31. The van der Waals surface area contributed by atoms with E-state index < -0.39 is 0 Å². The molecule has 0 radical (unpaired) electrons. The van der Waals surface area contributed by atoms with Gasteiger partial charge in [0.05, 0.1) is 0 Å². The van der Waals surface area contributed by atoms with E-state index in [2.05, 4.69) is 46.8 Å². The van der Waals surface area contributed by atoms with E-state index in [1.54, 1.807) is 0 Å². The van der Waals surface area contributed by atoms with Gasteiger partial charge in [-0.3, -0.25) is 0 Å². The second kappa shape index (κ2) is 6.46. The smallest absolute Gasteiger partial charge is 0.0392 e. The highest BCUT2D eigenvalue weighted by Crippen LogP contribution is 2.25. The summed E-state index contributed by atoms with van der Waals surface area (Å²) in [6.07, 6.45) is 0. The Labute approximate surface area is 110 Å². The van der Waals surface area contributed by atoms with Crippen molar-refractivity contribution in [1.29, 1.82) is 0 Å². The summed E-state index contributed by atoms with van der Waals surface area (Å²) in [7, 11) is 0. The van der Waals surface area contributed by atoms with E-state index in [-0.39, 0.29) is 6.04 Å². The van der Waals surface area contributed by atoms with Gasteiger partial charge < -0.3 is 5.73 Å². The van der Waals surface area contributed by atoms with Gasteiger partial charge in [0.15, 0.2) is 0 Å². The number of nitrogens with two attached hydrogens (primary N) is 1. The quantitative estimate of drug-likeness (QED) is 0.856. The summed E-state index contributed by atoms with van der Waals surface area (Å²) in [6, 6.07) is 4.63. The van der Waals surface area contributed by atoms with Gasteiger partial charge in [-0.2, -0.15) is 11.8 Å². The lowest BCUT2D eigenvalue weighted by Gasteiger charge is -2.18. The third kappa shape index (κ3) is 4.36. The zero-order valence-corrected chi connectivity index (χ0v) is 12.5. The van der Waals surface area contributed by atoms with Crippen LogP contribution in [-0.2, 0) is 0 Å². The Kier molecular flexibility index (Phi) is 5.54. The molecule has 0 saturated heterocycles. The fraction of sp³-hybridized carbons (Fsp3) is 0.600. The van der Waals surface area contributed by atoms with Gasteiger partial charge in [0.2, 0.25) is 0 Å². The van der Waals surface area contributed by atoms with E-state index in [0.717, 1.165) is 11.7 Å². The Hall–Kier alpha value is -0.470. The second-order valence-corrected chi connectivity index (χ2v) is 6.43. The van der Waals surface area contributed by atoms with Crippen molar-refractivity contribution in [2.45, 2.75) is 40.7 Å². The molecule has 0 aliphatic heterocycles. The van der Waals surface area contributed by atoms with Crippen LogP contribution in [0.15, 0.2) is 12.1 Å². The summed E-state index contributed by atoms with van der Waals surface area (Å²) in [4.78, 5) is 0. The molecule has 0 bridgehead atoms. The zero-order valence-electron chi connectivity index (χ0n) is 11.7. The van der Waals surface area contributed by atoms with E-state index in [9.17, 15) is 0 Å². The molecular weight excluding hydrogens is 226 g/mol. The Morgan fingerprint density at radius 2 is 1.59 bits per heavy atom. The highest BCUT2D eigenvalue weighted by atomic mass is 32.2. The standard InChI is InChI=1S/C15H25NS/c1-10(2)8-17-9-14(16)15-12(4)6-11(3)7-13(15)5/h6-7,10,14H,8-9,16H2,1-5H3. The summed E-state index contributed by atoms with van der Waals surface area (Å²) in [6.45, 7) is 11.0. The number of thioether (sulfide) groups is 1. The number of benzene rings is 1. The second-order valence-electron chi connectivity index (χ2n) is 5.35. The van der Waals surface area contributed by atoms with Crippen molar-refractivity contribution in [2.75, 3.05) is 11.5 Å². The molecule has 1 nitrogen and oxygen atoms in total. The third-order valence-corrected chi connectivity index (χ3v) is 4.35. The van der Waals surface area contributed by atoms with Crippen LogP contribution in [0.1, 0.15) is 42.1 Å². The van der Waals surface area contributed by atoms with Gasteiger partial charge in [-0.15, -0.1) is 0 Å². The minimum absolute atomic E-state index is 0.166. The molecule has 1 aromatic rings.